The fraction of sp³-hybridized carbons (Fsp3) is 0.381. The smallest absolute Gasteiger partial charge is 0.119 e. The molecule has 1 heterocycles. The molecule has 0 radical (unpaired) electrons. The molecule has 4 rings (SSSR count). The van der Waals surface area contributed by atoms with Crippen molar-refractivity contribution in [2.24, 2.45) is 11.0 Å². The van der Waals surface area contributed by atoms with Gasteiger partial charge in [0.2, 0.25) is 0 Å². The van der Waals surface area contributed by atoms with Crippen LogP contribution in [-0.4, -0.2) is 31.5 Å². The minimum absolute atomic E-state index is 0.297. The van der Waals surface area contributed by atoms with Crippen LogP contribution in [0.5, 0.6) is 11.5 Å². The van der Waals surface area contributed by atoms with E-state index in [0.717, 1.165) is 30.9 Å². The zero-order valence-corrected chi connectivity index (χ0v) is 15.0. The van der Waals surface area contributed by atoms with E-state index in [1.807, 2.05) is 18.2 Å². The number of aryl methyl sites for hydroxylation is 1. The molecule has 25 heavy (non-hydrogen) atoms. The zero-order chi connectivity index (χ0) is 17.4. The van der Waals surface area contributed by atoms with E-state index in [0.29, 0.717) is 12.0 Å². The van der Waals surface area contributed by atoms with Gasteiger partial charge in [0, 0.05) is 18.0 Å². The number of rotatable bonds is 4. The number of fused-ring (bicyclic) bond motifs is 3. The summed E-state index contributed by atoms with van der Waals surface area (Å²) in [5, 5.41) is 7.24. The second kappa shape index (κ2) is 6.43. The van der Waals surface area contributed by atoms with Crippen LogP contribution in [0.3, 0.4) is 0 Å². The van der Waals surface area contributed by atoms with Crippen molar-refractivity contribution in [3.63, 3.8) is 0 Å². The van der Waals surface area contributed by atoms with E-state index in [9.17, 15) is 0 Å². The summed E-state index contributed by atoms with van der Waals surface area (Å²) in [7, 11) is 3.42. The largest absolute Gasteiger partial charge is 0.497 e. The molecule has 1 aliphatic carbocycles. The number of hydrazone groups is 1. The van der Waals surface area contributed by atoms with Crippen LogP contribution in [-0.2, 0) is 6.42 Å². The first kappa shape index (κ1) is 16.0. The number of nitrogens with zero attached hydrogens (tertiary/aromatic N) is 2. The monoisotopic (exact) mass is 336 g/mol. The Kier molecular flexibility index (Phi) is 4.12. The molecule has 0 bridgehead atoms. The Morgan fingerprint density at radius 3 is 2.44 bits per heavy atom. The minimum atomic E-state index is 0.297. The van der Waals surface area contributed by atoms with Gasteiger partial charge in [0.15, 0.2) is 0 Å². The van der Waals surface area contributed by atoms with Gasteiger partial charge in [-0.1, -0.05) is 18.2 Å². The second-order valence-electron chi connectivity index (χ2n) is 6.63. The standard InChI is InChI=1S/C21H24N2O2/c1-4-23-21(15-6-9-16(24-2)10-7-15)18-12-8-14-5-11-17(25-3)13-19(14)20(18)22-23/h5-7,9-11,13,18,21H,4,8,12H2,1-3H3/t18-,21-/m1/s1. The maximum absolute atomic E-state index is 5.44. The average Bonchev–Trinajstić information content (AvgIpc) is 3.06. The van der Waals surface area contributed by atoms with Crippen molar-refractivity contribution in [2.75, 3.05) is 20.8 Å². The molecule has 130 valence electrons. The van der Waals surface area contributed by atoms with E-state index in [-0.39, 0.29) is 0 Å². The molecular weight excluding hydrogens is 312 g/mol. The van der Waals surface area contributed by atoms with Gasteiger partial charge in [-0.3, -0.25) is 5.01 Å². The van der Waals surface area contributed by atoms with E-state index in [1.54, 1.807) is 14.2 Å². The fourth-order valence-electron chi connectivity index (χ4n) is 4.10. The van der Waals surface area contributed by atoms with Crippen molar-refractivity contribution in [3.05, 3.63) is 59.2 Å². The molecule has 0 unspecified atom stereocenters. The summed E-state index contributed by atoms with van der Waals surface area (Å²) >= 11 is 0. The predicted molar refractivity (Wildman–Crippen MR) is 99.5 cm³/mol. The average molecular weight is 336 g/mol. The second-order valence-corrected chi connectivity index (χ2v) is 6.63. The lowest BCUT2D eigenvalue weighted by atomic mass is 9.77. The SMILES string of the molecule is CCN1N=C2c3cc(OC)ccc3CC[C@H]2[C@H]1c1ccc(OC)cc1. The molecule has 0 saturated carbocycles. The van der Waals surface area contributed by atoms with Crippen molar-refractivity contribution in [2.45, 2.75) is 25.8 Å². The third-order valence-electron chi connectivity index (χ3n) is 5.39. The van der Waals surface area contributed by atoms with Crippen LogP contribution in [0.2, 0.25) is 0 Å². The molecule has 2 aromatic carbocycles. The van der Waals surface area contributed by atoms with Gasteiger partial charge in [-0.25, -0.2) is 0 Å². The highest BCUT2D eigenvalue weighted by Crippen LogP contribution is 2.43. The van der Waals surface area contributed by atoms with Crippen LogP contribution in [0.15, 0.2) is 47.6 Å². The lowest BCUT2D eigenvalue weighted by molar-refractivity contribution is 0.208. The Morgan fingerprint density at radius 2 is 1.76 bits per heavy atom. The van der Waals surface area contributed by atoms with Crippen molar-refractivity contribution in [1.29, 1.82) is 0 Å². The molecule has 0 N–H and O–H groups in total. The maximum Gasteiger partial charge on any atom is 0.119 e. The van der Waals surface area contributed by atoms with Crippen LogP contribution in [0.1, 0.15) is 36.1 Å². The Balaban J connectivity index is 1.73. The molecule has 2 aromatic rings. The fourth-order valence-corrected chi connectivity index (χ4v) is 4.10. The van der Waals surface area contributed by atoms with E-state index in [4.69, 9.17) is 14.6 Å². The number of hydrogen-bond donors (Lipinski definition) is 0. The van der Waals surface area contributed by atoms with E-state index in [2.05, 4.69) is 36.2 Å². The van der Waals surface area contributed by atoms with Gasteiger partial charge >= 0.3 is 0 Å². The topological polar surface area (TPSA) is 34.1 Å². The van der Waals surface area contributed by atoms with Crippen LogP contribution < -0.4 is 9.47 Å². The van der Waals surface area contributed by atoms with Gasteiger partial charge in [-0.2, -0.15) is 5.10 Å². The van der Waals surface area contributed by atoms with Crippen molar-refractivity contribution in [3.8, 4) is 11.5 Å². The number of ether oxygens (including phenoxy) is 2. The third kappa shape index (κ3) is 2.66. The summed E-state index contributed by atoms with van der Waals surface area (Å²) in [6.07, 6.45) is 2.22. The van der Waals surface area contributed by atoms with Crippen molar-refractivity contribution in [1.82, 2.24) is 5.01 Å². The van der Waals surface area contributed by atoms with Crippen molar-refractivity contribution < 1.29 is 9.47 Å². The quantitative estimate of drug-likeness (QED) is 0.845. The Bertz CT molecular complexity index is 798. The molecule has 4 nitrogen and oxygen atoms in total. The molecule has 0 aromatic heterocycles. The van der Waals surface area contributed by atoms with Gasteiger partial charge in [0.05, 0.1) is 26.0 Å². The summed E-state index contributed by atoms with van der Waals surface area (Å²) in [6, 6.07) is 15.1. The van der Waals surface area contributed by atoms with Gasteiger partial charge in [0.25, 0.3) is 0 Å². The maximum atomic E-state index is 5.44. The lowest BCUT2D eigenvalue weighted by Crippen LogP contribution is -2.28. The van der Waals surface area contributed by atoms with Crippen LogP contribution in [0.4, 0.5) is 0 Å². The number of benzene rings is 2. The molecule has 2 atom stereocenters. The normalized spacial score (nSPS) is 21.4. The van der Waals surface area contributed by atoms with Gasteiger partial charge in [-0.15, -0.1) is 0 Å². The summed E-state index contributed by atoms with van der Waals surface area (Å²) < 4.78 is 10.7. The molecular formula is C21H24N2O2. The molecule has 0 saturated heterocycles. The predicted octanol–water partition coefficient (Wildman–Crippen LogP) is 4.05. The zero-order valence-electron chi connectivity index (χ0n) is 15.0. The molecule has 2 aliphatic rings. The van der Waals surface area contributed by atoms with Crippen LogP contribution in [0, 0.1) is 5.92 Å². The van der Waals surface area contributed by atoms with E-state index in [1.165, 1.54) is 22.4 Å². The molecule has 0 amide bonds. The highest BCUT2D eigenvalue weighted by atomic mass is 16.5. The first-order valence-corrected chi connectivity index (χ1v) is 8.91. The summed E-state index contributed by atoms with van der Waals surface area (Å²) in [4.78, 5) is 0. The van der Waals surface area contributed by atoms with Gasteiger partial charge in [0.1, 0.15) is 11.5 Å². The highest BCUT2D eigenvalue weighted by molar-refractivity contribution is 6.06. The molecule has 1 aliphatic heterocycles. The van der Waals surface area contributed by atoms with Crippen LogP contribution >= 0.6 is 0 Å². The Morgan fingerprint density at radius 1 is 1.04 bits per heavy atom. The minimum Gasteiger partial charge on any atom is -0.497 e. The van der Waals surface area contributed by atoms with Gasteiger partial charge in [-0.05, 0) is 55.2 Å². The third-order valence-corrected chi connectivity index (χ3v) is 5.39. The van der Waals surface area contributed by atoms with E-state index < -0.39 is 0 Å². The summed E-state index contributed by atoms with van der Waals surface area (Å²) in [5.41, 5.74) is 5.15. The van der Waals surface area contributed by atoms with E-state index >= 15 is 0 Å². The van der Waals surface area contributed by atoms with Gasteiger partial charge < -0.3 is 9.47 Å². The highest BCUT2D eigenvalue weighted by Gasteiger charge is 2.40. The summed E-state index contributed by atoms with van der Waals surface area (Å²) in [5.74, 6) is 2.22. The number of hydrogen-bond acceptors (Lipinski definition) is 4. The van der Waals surface area contributed by atoms with Crippen LogP contribution in [0.25, 0.3) is 0 Å². The summed E-state index contributed by atoms with van der Waals surface area (Å²) in [6.45, 7) is 3.07. The lowest BCUT2D eigenvalue weighted by Gasteiger charge is -2.30. The first-order chi connectivity index (χ1) is 12.2. The molecule has 0 spiro atoms. The Labute approximate surface area is 149 Å². The number of methoxy groups -OCH3 is 2. The molecule has 4 heteroatoms. The first-order valence-electron chi connectivity index (χ1n) is 8.91. The van der Waals surface area contributed by atoms with Crippen molar-refractivity contribution >= 4 is 5.71 Å². The Hall–Kier alpha value is -2.49. The molecule has 0 fully saturated rings.